The standard InChI is InChI=1S/C20H35N7O2/c1-21-19(27-8-4-18(16-27)17-29-15-14-28-2)24-7-9-25-10-12-26(13-11-25)20-22-5-3-6-23-20/h3,5-6,18H,4,7-17H2,1-2H3,(H,21,24). The highest BCUT2D eigenvalue weighted by Crippen LogP contribution is 2.16. The lowest BCUT2D eigenvalue weighted by Gasteiger charge is -2.34. The molecule has 2 aliphatic rings. The quantitative estimate of drug-likeness (QED) is 0.354. The Morgan fingerprint density at radius 3 is 2.69 bits per heavy atom. The second-order valence-electron chi connectivity index (χ2n) is 7.52. The van der Waals surface area contributed by atoms with Crippen LogP contribution in [0.15, 0.2) is 23.5 Å². The fourth-order valence-electron chi connectivity index (χ4n) is 3.84. The predicted octanol–water partition coefficient (Wildman–Crippen LogP) is 0.159. The van der Waals surface area contributed by atoms with E-state index in [1.54, 1.807) is 19.5 Å². The minimum absolute atomic E-state index is 0.568. The van der Waals surface area contributed by atoms with E-state index in [0.29, 0.717) is 19.1 Å². The molecule has 3 heterocycles. The van der Waals surface area contributed by atoms with Crippen LogP contribution in [0.4, 0.5) is 5.95 Å². The number of nitrogens with zero attached hydrogens (tertiary/aromatic N) is 6. The molecule has 2 fully saturated rings. The molecule has 1 aromatic rings. The van der Waals surface area contributed by atoms with Crippen LogP contribution >= 0.6 is 0 Å². The van der Waals surface area contributed by atoms with Crippen molar-refractivity contribution in [3.63, 3.8) is 0 Å². The summed E-state index contributed by atoms with van der Waals surface area (Å²) < 4.78 is 10.7. The Morgan fingerprint density at radius 2 is 1.97 bits per heavy atom. The second-order valence-corrected chi connectivity index (χ2v) is 7.52. The van der Waals surface area contributed by atoms with Gasteiger partial charge in [-0.2, -0.15) is 0 Å². The van der Waals surface area contributed by atoms with Gasteiger partial charge in [0.2, 0.25) is 5.95 Å². The maximum absolute atomic E-state index is 5.69. The summed E-state index contributed by atoms with van der Waals surface area (Å²) in [6.45, 7) is 10.1. The number of aromatic nitrogens is 2. The van der Waals surface area contributed by atoms with Crippen molar-refractivity contribution in [2.75, 3.05) is 91.2 Å². The topological polar surface area (TPSA) is 78.4 Å². The predicted molar refractivity (Wildman–Crippen MR) is 114 cm³/mol. The summed E-state index contributed by atoms with van der Waals surface area (Å²) >= 11 is 0. The number of hydrogen-bond acceptors (Lipinski definition) is 7. The molecule has 0 aromatic carbocycles. The average Bonchev–Trinajstić information content (AvgIpc) is 3.24. The lowest BCUT2D eigenvalue weighted by molar-refractivity contribution is 0.0536. The SMILES string of the molecule is CN=C(NCCN1CCN(c2ncccn2)CC1)N1CCC(COCCOC)C1. The molecule has 29 heavy (non-hydrogen) atoms. The third kappa shape index (κ3) is 6.80. The van der Waals surface area contributed by atoms with E-state index in [1.807, 2.05) is 13.1 Å². The van der Waals surface area contributed by atoms with Crippen LogP contribution in [-0.4, -0.2) is 112 Å². The van der Waals surface area contributed by atoms with Crippen LogP contribution in [0, 0.1) is 5.92 Å². The Kier molecular flexibility index (Phi) is 8.91. The largest absolute Gasteiger partial charge is 0.382 e. The van der Waals surface area contributed by atoms with E-state index in [-0.39, 0.29) is 0 Å². The lowest BCUT2D eigenvalue weighted by Crippen LogP contribution is -2.50. The van der Waals surface area contributed by atoms with Gasteiger partial charge in [-0.25, -0.2) is 9.97 Å². The van der Waals surface area contributed by atoms with Crippen molar-refractivity contribution in [2.45, 2.75) is 6.42 Å². The second kappa shape index (κ2) is 11.9. The zero-order valence-electron chi connectivity index (χ0n) is 17.8. The normalized spacial score (nSPS) is 21.0. The molecule has 0 saturated carbocycles. The van der Waals surface area contributed by atoms with Crippen LogP contribution < -0.4 is 10.2 Å². The van der Waals surface area contributed by atoms with Crippen molar-refractivity contribution in [2.24, 2.45) is 10.9 Å². The molecule has 9 nitrogen and oxygen atoms in total. The summed E-state index contributed by atoms with van der Waals surface area (Å²) in [5.74, 6) is 2.40. The Bertz CT molecular complexity index is 608. The van der Waals surface area contributed by atoms with Gasteiger partial charge in [0.05, 0.1) is 19.8 Å². The highest BCUT2D eigenvalue weighted by atomic mass is 16.5. The van der Waals surface area contributed by atoms with E-state index < -0.39 is 0 Å². The molecule has 1 atom stereocenters. The first-order chi connectivity index (χ1) is 14.3. The van der Waals surface area contributed by atoms with Gasteiger partial charge in [-0.3, -0.25) is 9.89 Å². The van der Waals surface area contributed by atoms with E-state index in [1.165, 1.54) is 0 Å². The van der Waals surface area contributed by atoms with E-state index in [9.17, 15) is 0 Å². The van der Waals surface area contributed by atoms with Crippen molar-refractivity contribution >= 4 is 11.9 Å². The van der Waals surface area contributed by atoms with Gasteiger partial charge in [-0.05, 0) is 12.5 Å². The molecule has 162 valence electrons. The van der Waals surface area contributed by atoms with Gasteiger partial charge in [0.1, 0.15) is 0 Å². The summed E-state index contributed by atoms with van der Waals surface area (Å²) in [5.41, 5.74) is 0. The Balaban J connectivity index is 1.31. The van der Waals surface area contributed by atoms with Crippen LogP contribution in [0.3, 0.4) is 0 Å². The molecule has 3 rings (SSSR count). The minimum Gasteiger partial charge on any atom is -0.382 e. The van der Waals surface area contributed by atoms with E-state index >= 15 is 0 Å². The first kappa shape index (κ1) is 21.7. The van der Waals surface area contributed by atoms with Crippen LogP contribution in [0.25, 0.3) is 0 Å². The zero-order chi connectivity index (χ0) is 20.3. The third-order valence-electron chi connectivity index (χ3n) is 5.50. The maximum Gasteiger partial charge on any atom is 0.225 e. The monoisotopic (exact) mass is 405 g/mol. The van der Waals surface area contributed by atoms with Crippen molar-refractivity contribution < 1.29 is 9.47 Å². The van der Waals surface area contributed by atoms with Crippen LogP contribution in [0.5, 0.6) is 0 Å². The first-order valence-corrected chi connectivity index (χ1v) is 10.6. The summed E-state index contributed by atoms with van der Waals surface area (Å²) in [6.07, 6.45) is 4.76. The van der Waals surface area contributed by atoms with Gasteiger partial charge in [-0.15, -0.1) is 0 Å². The molecule has 2 saturated heterocycles. The van der Waals surface area contributed by atoms with E-state index in [0.717, 1.165) is 77.3 Å². The number of hydrogen-bond donors (Lipinski definition) is 1. The smallest absolute Gasteiger partial charge is 0.225 e. The summed E-state index contributed by atoms with van der Waals surface area (Å²) in [7, 11) is 3.57. The number of piperazine rings is 1. The van der Waals surface area contributed by atoms with Crippen molar-refractivity contribution in [1.29, 1.82) is 0 Å². The average molecular weight is 406 g/mol. The van der Waals surface area contributed by atoms with Gasteiger partial charge < -0.3 is 24.6 Å². The molecule has 2 aliphatic heterocycles. The number of guanidine groups is 1. The molecule has 1 aromatic heterocycles. The summed E-state index contributed by atoms with van der Waals surface area (Å²) in [5, 5.41) is 3.53. The number of rotatable bonds is 9. The third-order valence-corrected chi connectivity index (χ3v) is 5.50. The molecule has 1 unspecified atom stereocenters. The lowest BCUT2D eigenvalue weighted by atomic mass is 10.1. The van der Waals surface area contributed by atoms with Gasteiger partial charge in [0.15, 0.2) is 5.96 Å². The molecule has 0 aliphatic carbocycles. The number of methoxy groups -OCH3 is 1. The number of likely N-dealkylation sites (tertiary alicyclic amines) is 1. The molecule has 0 spiro atoms. The molecule has 9 heteroatoms. The van der Waals surface area contributed by atoms with Gasteiger partial charge in [-0.1, -0.05) is 0 Å². The minimum atomic E-state index is 0.568. The number of aliphatic imine (C=N–C) groups is 1. The molecular weight excluding hydrogens is 370 g/mol. The van der Waals surface area contributed by atoms with Crippen LogP contribution in [0.2, 0.25) is 0 Å². The fraction of sp³-hybridized carbons (Fsp3) is 0.750. The highest BCUT2D eigenvalue weighted by Gasteiger charge is 2.25. The van der Waals surface area contributed by atoms with Gasteiger partial charge in [0.25, 0.3) is 0 Å². The van der Waals surface area contributed by atoms with Crippen LogP contribution in [0.1, 0.15) is 6.42 Å². The Labute approximate surface area is 174 Å². The Hall–Kier alpha value is -1.97. The molecular formula is C20H35N7O2. The van der Waals surface area contributed by atoms with Crippen LogP contribution in [-0.2, 0) is 9.47 Å². The Morgan fingerprint density at radius 1 is 1.17 bits per heavy atom. The first-order valence-electron chi connectivity index (χ1n) is 10.6. The summed E-state index contributed by atoms with van der Waals surface area (Å²) in [6, 6.07) is 1.86. The number of anilines is 1. The molecule has 1 N–H and O–H groups in total. The number of nitrogens with one attached hydrogen (secondary N) is 1. The van der Waals surface area contributed by atoms with E-state index in [2.05, 4.69) is 35.0 Å². The molecule has 0 radical (unpaired) electrons. The number of ether oxygens (including phenoxy) is 2. The molecule has 0 amide bonds. The van der Waals surface area contributed by atoms with Crippen molar-refractivity contribution in [3.8, 4) is 0 Å². The fourth-order valence-corrected chi connectivity index (χ4v) is 3.84. The van der Waals surface area contributed by atoms with Gasteiger partial charge in [0, 0.05) is 84.8 Å². The van der Waals surface area contributed by atoms with Crippen molar-refractivity contribution in [3.05, 3.63) is 18.5 Å². The maximum atomic E-state index is 5.69. The molecule has 0 bridgehead atoms. The van der Waals surface area contributed by atoms with E-state index in [4.69, 9.17) is 9.47 Å². The van der Waals surface area contributed by atoms with Gasteiger partial charge >= 0.3 is 0 Å². The highest BCUT2D eigenvalue weighted by molar-refractivity contribution is 5.80. The van der Waals surface area contributed by atoms with Crippen molar-refractivity contribution in [1.82, 2.24) is 25.1 Å². The summed E-state index contributed by atoms with van der Waals surface area (Å²) in [4.78, 5) is 20.3. The zero-order valence-corrected chi connectivity index (χ0v) is 17.8.